The fourth-order valence-electron chi connectivity index (χ4n) is 5.91. The Balaban J connectivity index is 1.48. The van der Waals surface area contributed by atoms with Crippen LogP contribution in [0.1, 0.15) is 50.5 Å². The molecule has 4 heteroatoms. The lowest BCUT2D eigenvalue weighted by Crippen LogP contribution is -2.56. The number of aryl methyl sites for hydroxylation is 1. The SMILES string of the molecule is Cc1cc(Br)ccc1NC(=O)CC12C[C@@H]3C[C@@H](CC(O)(C3)C1)C2. The van der Waals surface area contributed by atoms with E-state index in [0.29, 0.717) is 18.3 Å². The molecule has 0 aromatic heterocycles. The molecule has 0 radical (unpaired) electrons. The summed E-state index contributed by atoms with van der Waals surface area (Å²) in [5, 5.41) is 13.9. The molecule has 2 N–H and O–H groups in total. The van der Waals surface area contributed by atoms with E-state index >= 15 is 0 Å². The van der Waals surface area contributed by atoms with E-state index in [1.165, 1.54) is 6.42 Å². The molecule has 4 fully saturated rings. The molecule has 2 unspecified atom stereocenters. The van der Waals surface area contributed by atoms with Gasteiger partial charge in [-0.3, -0.25) is 4.79 Å². The van der Waals surface area contributed by atoms with Crippen molar-refractivity contribution in [2.45, 2.75) is 57.5 Å². The lowest BCUT2D eigenvalue weighted by Gasteiger charge is -2.60. The van der Waals surface area contributed by atoms with Crippen molar-refractivity contribution in [1.29, 1.82) is 0 Å². The van der Waals surface area contributed by atoms with Gasteiger partial charge in [0, 0.05) is 16.6 Å². The number of nitrogens with one attached hydrogen (secondary N) is 1. The Morgan fingerprint density at radius 1 is 1.30 bits per heavy atom. The maximum absolute atomic E-state index is 12.6. The van der Waals surface area contributed by atoms with Gasteiger partial charge < -0.3 is 10.4 Å². The predicted molar refractivity (Wildman–Crippen MR) is 94.2 cm³/mol. The quantitative estimate of drug-likeness (QED) is 0.818. The van der Waals surface area contributed by atoms with Crippen molar-refractivity contribution in [2.75, 3.05) is 5.32 Å². The summed E-state index contributed by atoms with van der Waals surface area (Å²) in [6.45, 7) is 2.01. The van der Waals surface area contributed by atoms with Gasteiger partial charge >= 0.3 is 0 Å². The first kappa shape index (κ1) is 15.6. The predicted octanol–water partition coefficient (Wildman–Crippen LogP) is 4.42. The number of hydrogen-bond donors (Lipinski definition) is 2. The first-order valence-corrected chi connectivity index (χ1v) is 9.43. The Morgan fingerprint density at radius 3 is 2.61 bits per heavy atom. The highest BCUT2D eigenvalue weighted by Crippen LogP contribution is 2.62. The minimum atomic E-state index is -0.488. The molecule has 4 aliphatic rings. The second kappa shape index (κ2) is 5.32. The number of carbonyl (C=O) groups excluding carboxylic acids is 1. The number of aliphatic hydroxyl groups is 1. The Morgan fingerprint density at radius 2 is 2.00 bits per heavy atom. The van der Waals surface area contributed by atoms with Crippen LogP contribution in [0.3, 0.4) is 0 Å². The van der Waals surface area contributed by atoms with Gasteiger partial charge in [-0.1, -0.05) is 15.9 Å². The summed E-state index contributed by atoms with van der Waals surface area (Å²) < 4.78 is 1.02. The standard InChI is InChI=1S/C19H24BrNO2/c1-12-4-15(20)2-3-16(12)21-17(22)10-18-6-13-5-14(7-18)9-19(23,8-13)11-18/h2-4,13-14,23H,5-11H2,1H3,(H,21,22)/t13-,14+,18?,19?. The highest BCUT2D eigenvalue weighted by molar-refractivity contribution is 9.10. The third-order valence-electron chi connectivity index (χ3n) is 6.15. The van der Waals surface area contributed by atoms with Crippen LogP contribution in [0.25, 0.3) is 0 Å². The van der Waals surface area contributed by atoms with Crippen LogP contribution in [-0.4, -0.2) is 16.6 Å². The van der Waals surface area contributed by atoms with Gasteiger partial charge in [0.1, 0.15) is 0 Å². The van der Waals surface area contributed by atoms with E-state index in [4.69, 9.17) is 0 Å². The monoisotopic (exact) mass is 377 g/mol. The molecule has 1 amide bonds. The van der Waals surface area contributed by atoms with E-state index in [0.717, 1.165) is 47.8 Å². The van der Waals surface area contributed by atoms with E-state index in [2.05, 4.69) is 21.2 Å². The minimum Gasteiger partial charge on any atom is -0.390 e. The highest BCUT2D eigenvalue weighted by Gasteiger charge is 2.57. The topological polar surface area (TPSA) is 49.3 Å². The Kier molecular flexibility index (Phi) is 3.62. The number of anilines is 1. The molecule has 0 aliphatic heterocycles. The van der Waals surface area contributed by atoms with E-state index in [9.17, 15) is 9.90 Å². The van der Waals surface area contributed by atoms with E-state index in [-0.39, 0.29) is 11.3 Å². The molecular weight excluding hydrogens is 354 g/mol. The molecule has 124 valence electrons. The van der Waals surface area contributed by atoms with Crippen LogP contribution < -0.4 is 5.32 Å². The minimum absolute atomic E-state index is 0.0339. The number of halogens is 1. The molecular formula is C19H24BrNO2. The largest absolute Gasteiger partial charge is 0.390 e. The van der Waals surface area contributed by atoms with Crippen molar-refractivity contribution in [1.82, 2.24) is 0 Å². The van der Waals surface area contributed by atoms with Crippen molar-refractivity contribution in [3.63, 3.8) is 0 Å². The second-order valence-electron chi connectivity index (χ2n) is 8.37. The van der Waals surface area contributed by atoms with Gasteiger partial charge in [-0.15, -0.1) is 0 Å². The third kappa shape index (κ3) is 2.96. The number of amides is 1. The molecule has 3 nitrogen and oxygen atoms in total. The van der Waals surface area contributed by atoms with E-state index < -0.39 is 5.60 Å². The van der Waals surface area contributed by atoms with Crippen molar-refractivity contribution in [3.8, 4) is 0 Å². The maximum atomic E-state index is 12.6. The molecule has 1 aromatic rings. The Hall–Kier alpha value is -0.870. The van der Waals surface area contributed by atoms with Crippen LogP contribution in [-0.2, 0) is 4.79 Å². The zero-order chi connectivity index (χ0) is 16.2. The normalized spacial score (nSPS) is 37.9. The fraction of sp³-hybridized carbons (Fsp3) is 0.632. The van der Waals surface area contributed by atoms with Gasteiger partial charge in [0.25, 0.3) is 0 Å². The van der Waals surface area contributed by atoms with Crippen molar-refractivity contribution >= 4 is 27.5 Å². The van der Waals surface area contributed by atoms with Crippen molar-refractivity contribution < 1.29 is 9.90 Å². The lowest BCUT2D eigenvalue weighted by molar-refractivity contribution is -0.167. The summed E-state index contributed by atoms with van der Waals surface area (Å²) in [6.07, 6.45) is 6.80. The zero-order valence-corrected chi connectivity index (χ0v) is 15.2. The molecule has 0 heterocycles. The highest BCUT2D eigenvalue weighted by atomic mass is 79.9. The third-order valence-corrected chi connectivity index (χ3v) is 6.64. The summed E-state index contributed by atoms with van der Waals surface area (Å²) in [6, 6.07) is 5.92. The molecule has 0 saturated heterocycles. The summed E-state index contributed by atoms with van der Waals surface area (Å²) in [5.41, 5.74) is 1.50. The molecule has 4 aliphatic carbocycles. The second-order valence-corrected chi connectivity index (χ2v) is 9.29. The van der Waals surface area contributed by atoms with Crippen LogP contribution in [0, 0.1) is 24.2 Å². The van der Waals surface area contributed by atoms with Gasteiger partial charge in [0.15, 0.2) is 0 Å². The molecule has 4 bridgehead atoms. The fourth-order valence-corrected chi connectivity index (χ4v) is 6.39. The lowest BCUT2D eigenvalue weighted by atomic mass is 9.47. The van der Waals surface area contributed by atoms with Gasteiger partial charge in [0.2, 0.25) is 5.91 Å². The van der Waals surface area contributed by atoms with E-state index in [1.54, 1.807) is 0 Å². The maximum Gasteiger partial charge on any atom is 0.224 e. The average Bonchev–Trinajstić information content (AvgIpc) is 2.38. The van der Waals surface area contributed by atoms with Crippen LogP contribution in [0.2, 0.25) is 0 Å². The molecule has 4 saturated carbocycles. The first-order chi connectivity index (χ1) is 10.8. The van der Waals surface area contributed by atoms with Gasteiger partial charge in [-0.05, 0) is 86.5 Å². The van der Waals surface area contributed by atoms with Gasteiger partial charge in [0.05, 0.1) is 5.60 Å². The van der Waals surface area contributed by atoms with Gasteiger partial charge in [-0.2, -0.15) is 0 Å². The van der Waals surface area contributed by atoms with Gasteiger partial charge in [-0.25, -0.2) is 0 Å². The number of rotatable bonds is 3. The molecule has 5 rings (SSSR count). The first-order valence-electron chi connectivity index (χ1n) is 8.63. The van der Waals surface area contributed by atoms with Crippen molar-refractivity contribution in [2.24, 2.45) is 17.3 Å². The zero-order valence-electron chi connectivity index (χ0n) is 13.6. The smallest absolute Gasteiger partial charge is 0.224 e. The Bertz CT molecular complexity index is 643. The average molecular weight is 378 g/mol. The summed E-state index contributed by atoms with van der Waals surface area (Å²) in [5.74, 6) is 1.35. The van der Waals surface area contributed by atoms with E-state index in [1.807, 2.05) is 25.1 Å². The number of hydrogen-bond acceptors (Lipinski definition) is 2. The Labute approximate surface area is 146 Å². The van der Waals surface area contributed by atoms with Crippen LogP contribution in [0.15, 0.2) is 22.7 Å². The van der Waals surface area contributed by atoms with Crippen LogP contribution >= 0.6 is 15.9 Å². The molecule has 1 aromatic carbocycles. The summed E-state index contributed by atoms with van der Waals surface area (Å²) >= 11 is 3.45. The number of benzene rings is 1. The number of carbonyl (C=O) groups is 1. The van der Waals surface area contributed by atoms with Crippen LogP contribution in [0.5, 0.6) is 0 Å². The molecule has 23 heavy (non-hydrogen) atoms. The van der Waals surface area contributed by atoms with Crippen LogP contribution in [0.4, 0.5) is 5.69 Å². The molecule has 4 atom stereocenters. The summed E-state index contributed by atoms with van der Waals surface area (Å²) in [4.78, 5) is 12.6. The molecule has 0 spiro atoms. The van der Waals surface area contributed by atoms with Crippen molar-refractivity contribution in [3.05, 3.63) is 28.2 Å². The summed E-state index contributed by atoms with van der Waals surface area (Å²) in [7, 11) is 0.